The van der Waals surface area contributed by atoms with E-state index < -0.39 is 6.04 Å². The van der Waals surface area contributed by atoms with E-state index in [4.69, 9.17) is 0 Å². The van der Waals surface area contributed by atoms with E-state index in [1.54, 1.807) is 36.5 Å². The van der Waals surface area contributed by atoms with Crippen LogP contribution < -0.4 is 26.5 Å². The Balaban J connectivity index is 1.18. The normalized spacial score (nSPS) is 22.9. The summed E-state index contributed by atoms with van der Waals surface area (Å²) < 4.78 is 2.00. The summed E-state index contributed by atoms with van der Waals surface area (Å²) in [5, 5.41) is 17.9. The molecule has 0 spiro atoms. The van der Waals surface area contributed by atoms with E-state index in [9.17, 15) is 19.5 Å². The molecule has 4 aromatic rings. The second kappa shape index (κ2) is 11.4. The van der Waals surface area contributed by atoms with Gasteiger partial charge in [0.15, 0.2) is 0 Å². The van der Waals surface area contributed by atoms with Crippen molar-refractivity contribution >= 4 is 50.2 Å². The molecule has 3 saturated heterocycles. The number of nitrogens with one attached hydrogen (secondary N) is 1. The van der Waals surface area contributed by atoms with Gasteiger partial charge in [0, 0.05) is 0 Å². The number of amides is 2. The summed E-state index contributed by atoms with van der Waals surface area (Å²) in [5.41, 5.74) is 2.89. The van der Waals surface area contributed by atoms with Gasteiger partial charge in [-0.15, -0.1) is 0 Å². The standard InChI is InChI=1S/C30H30BrIN9O4/c1-15-4-5-24(31)36-27(15)37-28(45)22-7-30(14-39-11-19(43)12-39)29(32-30)41(22)25(44)13-40-23-10-35-21(18-8-33-17(3)34-9-18)6-20(23)26(38-40)16(2)42/h4-6,8-10,19,22,29,43H,7,11-14H2,1-3H3,(H,36,37,45)/q-1/t22-,29-,30-/m0/s1. The van der Waals surface area contributed by atoms with Crippen LogP contribution in [0.1, 0.15) is 35.2 Å². The van der Waals surface area contributed by atoms with Gasteiger partial charge in [0.25, 0.3) is 0 Å². The Morgan fingerprint density at radius 3 is 2.60 bits per heavy atom. The molecule has 3 aliphatic heterocycles. The summed E-state index contributed by atoms with van der Waals surface area (Å²) in [6.45, 7) is 6.95. The van der Waals surface area contributed by atoms with Gasteiger partial charge < -0.3 is 0 Å². The van der Waals surface area contributed by atoms with Crippen molar-refractivity contribution in [1.29, 1.82) is 0 Å². The zero-order chi connectivity index (χ0) is 31.6. The van der Waals surface area contributed by atoms with Gasteiger partial charge in [0.1, 0.15) is 5.82 Å². The van der Waals surface area contributed by atoms with Crippen molar-refractivity contribution in [3.8, 4) is 11.3 Å². The monoisotopic (exact) mass is 786 g/mol. The van der Waals surface area contributed by atoms with Crippen LogP contribution in [0.3, 0.4) is 0 Å². The number of likely N-dealkylation sites (tertiary alicyclic amines) is 2. The number of fused-ring (bicyclic) bond motifs is 2. The first-order valence-corrected chi connectivity index (χ1v) is 17.6. The SMILES string of the molecule is CC(=O)c1nn(CC(=O)N2[C@H](C(=O)Nc3nc(Br)ccc3C)C[C@@]3(CN4CC(O)C4)[I-][C@@H]23)c2cnc(-c3cnc(C)nc3)cc12. The van der Waals surface area contributed by atoms with Gasteiger partial charge in [0.2, 0.25) is 0 Å². The molecule has 0 aliphatic carbocycles. The van der Waals surface area contributed by atoms with Crippen molar-refractivity contribution in [3.05, 3.63) is 58.5 Å². The minimum atomic E-state index is -0.678. The Morgan fingerprint density at radius 1 is 1.13 bits per heavy atom. The quantitative estimate of drug-likeness (QED) is 0.0743. The number of carbonyl (C=O) groups excluding carboxylic acids is 3. The predicted molar refractivity (Wildman–Crippen MR) is 163 cm³/mol. The van der Waals surface area contributed by atoms with Crippen LogP contribution in [0.15, 0.2) is 41.4 Å². The fourth-order valence-corrected chi connectivity index (χ4v) is 10.5. The molecule has 13 nitrogen and oxygen atoms in total. The first kappa shape index (κ1) is 30.3. The van der Waals surface area contributed by atoms with Gasteiger partial charge in [-0.05, 0) is 6.92 Å². The molecular weight excluding hydrogens is 757 g/mol. The number of anilines is 1. The third-order valence-corrected chi connectivity index (χ3v) is 13.2. The Labute approximate surface area is 277 Å². The molecule has 2 amide bonds. The second-order valence-electron chi connectivity index (χ2n) is 11.8. The number of ketones is 1. The molecule has 0 aromatic carbocycles. The molecule has 234 valence electrons. The zero-order valence-electron chi connectivity index (χ0n) is 24.7. The van der Waals surface area contributed by atoms with Crippen LogP contribution in [-0.4, -0.2) is 101 Å². The molecule has 7 rings (SSSR count). The van der Waals surface area contributed by atoms with E-state index in [1.807, 2.05) is 19.1 Å². The average Bonchev–Trinajstić information content (AvgIpc) is 3.39. The Bertz CT molecular complexity index is 1860. The summed E-state index contributed by atoms with van der Waals surface area (Å²) in [5.74, 6) is 0.330. The predicted octanol–water partition coefficient (Wildman–Crippen LogP) is -1.05. The molecule has 15 heteroatoms. The average molecular weight is 787 g/mol. The fourth-order valence-electron chi connectivity index (χ4n) is 6.11. The van der Waals surface area contributed by atoms with Crippen molar-refractivity contribution in [1.82, 2.24) is 39.5 Å². The molecule has 45 heavy (non-hydrogen) atoms. The van der Waals surface area contributed by atoms with E-state index >= 15 is 0 Å². The molecule has 3 fully saturated rings. The molecule has 3 aliphatic rings. The van der Waals surface area contributed by atoms with Crippen LogP contribution in [0, 0.1) is 13.8 Å². The summed E-state index contributed by atoms with van der Waals surface area (Å²) >= 11 is 2.99. The van der Waals surface area contributed by atoms with Crippen molar-refractivity contribution < 1.29 is 40.7 Å². The summed E-state index contributed by atoms with van der Waals surface area (Å²) in [6.07, 6.45) is 5.19. The summed E-state index contributed by atoms with van der Waals surface area (Å²) in [4.78, 5) is 62.0. The van der Waals surface area contributed by atoms with Gasteiger partial charge in [-0.3, -0.25) is 0 Å². The maximum atomic E-state index is 14.2. The van der Waals surface area contributed by atoms with E-state index in [-0.39, 0.29) is 64.6 Å². The Morgan fingerprint density at radius 2 is 1.89 bits per heavy atom. The van der Waals surface area contributed by atoms with Gasteiger partial charge in [-0.25, -0.2) is 0 Å². The molecule has 7 heterocycles. The number of carbonyl (C=O) groups is 3. The molecule has 2 N–H and O–H groups in total. The number of hydrogen-bond acceptors (Lipinski definition) is 10. The molecular formula is C30H30BrIN9O4-. The number of pyridine rings is 2. The van der Waals surface area contributed by atoms with Crippen LogP contribution in [0.25, 0.3) is 22.2 Å². The van der Waals surface area contributed by atoms with Crippen molar-refractivity contribution in [2.24, 2.45) is 0 Å². The van der Waals surface area contributed by atoms with Crippen LogP contribution in [-0.2, 0) is 16.1 Å². The topological polar surface area (TPSA) is 159 Å². The Kier molecular flexibility index (Phi) is 7.69. The molecule has 0 bridgehead atoms. The first-order chi connectivity index (χ1) is 21.5. The van der Waals surface area contributed by atoms with Crippen molar-refractivity contribution in [3.63, 3.8) is 0 Å². The Hall–Kier alpha value is -3.41. The van der Waals surface area contributed by atoms with Gasteiger partial charge >= 0.3 is 266 Å². The number of alkyl halides is 2. The third-order valence-electron chi connectivity index (χ3n) is 8.46. The zero-order valence-corrected chi connectivity index (χ0v) is 28.5. The van der Waals surface area contributed by atoms with Crippen LogP contribution >= 0.6 is 15.9 Å². The van der Waals surface area contributed by atoms with E-state index in [0.29, 0.717) is 57.9 Å². The molecule has 0 radical (unpaired) electrons. The maximum absolute atomic E-state index is 14.2. The summed E-state index contributed by atoms with van der Waals surface area (Å²) in [7, 11) is 0. The van der Waals surface area contributed by atoms with Gasteiger partial charge in [-0.1, -0.05) is 0 Å². The number of hydrogen-bond donors (Lipinski definition) is 2. The number of aromatic nitrogens is 6. The van der Waals surface area contributed by atoms with E-state index in [2.05, 4.69) is 51.2 Å². The van der Waals surface area contributed by atoms with Crippen LogP contribution in [0.4, 0.5) is 5.82 Å². The molecule has 3 atom stereocenters. The number of Topliss-reactive ketones (excluding diaryl/α,β-unsaturated/α-hetero) is 1. The number of aliphatic hydroxyl groups is 1. The van der Waals surface area contributed by atoms with Gasteiger partial charge in [0.05, 0.1) is 0 Å². The van der Waals surface area contributed by atoms with E-state index in [0.717, 1.165) is 12.1 Å². The number of nitrogens with zero attached hydrogens (tertiary/aromatic N) is 8. The van der Waals surface area contributed by atoms with Crippen molar-refractivity contribution in [2.45, 2.75) is 53.4 Å². The number of β-amino-alcohol motifs (C(OH)–C–C–N with tert-alkyl or cyclic N) is 1. The number of rotatable bonds is 8. The van der Waals surface area contributed by atoms with Crippen LogP contribution in [0.5, 0.6) is 0 Å². The third kappa shape index (κ3) is 5.63. The molecule has 4 aromatic heterocycles. The van der Waals surface area contributed by atoms with E-state index in [1.165, 1.54) is 11.6 Å². The van der Waals surface area contributed by atoms with Gasteiger partial charge in [-0.2, -0.15) is 0 Å². The molecule has 0 saturated carbocycles. The minimum absolute atomic E-state index is 0.00535. The first-order valence-electron chi connectivity index (χ1n) is 14.5. The number of halogens is 2. The van der Waals surface area contributed by atoms with Crippen LogP contribution in [0.2, 0.25) is 0 Å². The molecule has 0 unspecified atom stereocenters. The summed E-state index contributed by atoms with van der Waals surface area (Å²) in [6, 6.07) is 4.77. The number of aryl methyl sites for hydroxylation is 2. The fraction of sp³-hybridized carbons (Fsp3) is 0.400. The number of aliphatic hydroxyl groups excluding tert-OH is 1. The van der Waals surface area contributed by atoms with Crippen molar-refractivity contribution in [2.75, 3.05) is 25.0 Å². The second-order valence-corrected chi connectivity index (χ2v) is 16.6.